The number of para-hydroxylation sites is 1. The number of nitrogens with one attached hydrogen (secondary N) is 1. The minimum Gasteiger partial charge on any atom is -0.460 e. The van der Waals surface area contributed by atoms with Gasteiger partial charge in [-0.3, -0.25) is 9.59 Å². The Morgan fingerprint density at radius 1 is 1.00 bits per heavy atom. The van der Waals surface area contributed by atoms with Gasteiger partial charge in [0, 0.05) is 24.2 Å². The fraction of sp³-hybridized carbons (Fsp3) is 0.459. The highest BCUT2D eigenvalue weighted by molar-refractivity contribution is 6.03. The predicted molar refractivity (Wildman–Crippen MR) is 172 cm³/mol. The monoisotopic (exact) mass is 646 g/mol. The fourth-order valence-corrected chi connectivity index (χ4v) is 7.71. The summed E-state index contributed by atoms with van der Waals surface area (Å²) in [5, 5.41) is 27.1. The Morgan fingerprint density at radius 3 is 2.21 bits per heavy atom. The lowest BCUT2D eigenvalue weighted by molar-refractivity contribution is -0.326. The van der Waals surface area contributed by atoms with Gasteiger partial charge in [-0.25, -0.2) is 9.29 Å². The smallest absolute Gasteiger partial charge is 0.308 e. The molecule has 1 amide bonds. The molecule has 0 aliphatic carbocycles. The zero-order chi connectivity index (χ0) is 33.8. The molecule has 3 aromatic rings. The summed E-state index contributed by atoms with van der Waals surface area (Å²) in [5.74, 6) is -2.10. The Kier molecular flexibility index (Phi) is 8.33. The summed E-state index contributed by atoms with van der Waals surface area (Å²) in [6, 6.07) is 23.9. The Labute approximate surface area is 274 Å². The van der Waals surface area contributed by atoms with Gasteiger partial charge in [0.25, 0.3) is 5.91 Å². The highest BCUT2D eigenvalue weighted by Crippen LogP contribution is 2.79. The van der Waals surface area contributed by atoms with Gasteiger partial charge in [-0.2, -0.15) is 0 Å². The zero-order valence-corrected chi connectivity index (χ0v) is 27.4. The first-order valence-electron chi connectivity index (χ1n) is 16.2. The number of aliphatic hydroxyl groups is 2. The number of aliphatic hydroxyl groups excluding tert-OH is 1. The second-order valence-electron chi connectivity index (χ2n) is 14.0. The molecule has 6 rings (SSSR count). The number of esters is 1. The number of hydrogen-bond acceptors (Lipinski definition) is 8. The van der Waals surface area contributed by atoms with Crippen LogP contribution in [-0.2, 0) is 35.1 Å². The van der Waals surface area contributed by atoms with E-state index in [4.69, 9.17) is 14.2 Å². The minimum atomic E-state index is -1.91. The molecule has 3 heterocycles. The molecule has 3 N–H and O–H groups in total. The number of morpholine rings is 1. The molecule has 10 heteroatoms. The lowest BCUT2D eigenvalue weighted by Gasteiger charge is -2.54. The van der Waals surface area contributed by atoms with Crippen LogP contribution in [0.2, 0.25) is 0 Å². The van der Waals surface area contributed by atoms with Crippen LogP contribution in [0.25, 0.3) is 0 Å². The first kappa shape index (κ1) is 33.2. The molecule has 250 valence electrons. The fourth-order valence-electron chi connectivity index (χ4n) is 7.71. The van der Waals surface area contributed by atoms with Crippen molar-refractivity contribution in [2.24, 2.45) is 5.92 Å². The SMILES string of the molecule is CC(C)C1(O)N2CC[C@@H](C[C@@H](O)CC(=O)OC(C)(C)C)O[C@@]2(c2ccc(F)cc2)C2(c3ccccc3)OC12C(=O)Nc1ccccc1. The maximum Gasteiger partial charge on any atom is 0.308 e. The number of benzene rings is 3. The third-order valence-electron chi connectivity index (χ3n) is 9.49. The van der Waals surface area contributed by atoms with Crippen molar-refractivity contribution in [2.75, 3.05) is 11.9 Å². The number of ether oxygens (including phenoxy) is 3. The van der Waals surface area contributed by atoms with Crippen LogP contribution >= 0.6 is 0 Å². The number of carbonyl (C=O) groups excluding carboxylic acids is 2. The Bertz CT molecular complexity index is 1620. The van der Waals surface area contributed by atoms with E-state index in [2.05, 4.69) is 5.32 Å². The van der Waals surface area contributed by atoms with Crippen molar-refractivity contribution < 1.29 is 38.4 Å². The molecule has 0 aromatic heterocycles. The maximum atomic E-state index is 14.7. The lowest BCUT2D eigenvalue weighted by Crippen LogP contribution is -2.68. The zero-order valence-electron chi connectivity index (χ0n) is 27.4. The van der Waals surface area contributed by atoms with E-state index in [1.165, 1.54) is 12.1 Å². The van der Waals surface area contributed by atoms with E-state index in [1.54, 1.807) is 62.1 Å². The van der Waals surface area contributed by atoms with Gasteiger partial charge in [-0.15, -0.1) is 0 Å². The third kappa shape index (κ3) is 5.09. The van der Waals surface area contributed by atoms with Gasteiger partial charge in [0.15, 0.2) is 17.1 Å². The van der Waals surface area contributed by atoms with Crippen molar-refractivity contribution in [3.8, 4) is 0 Å². The second kappa shape index (κ2) is 11.8. The normalized spacial score (nSPS) is 30.7. The van der Waals surface area contributed by atoms with E-state index in [1.807, 2.05) is 50.2 Å². The predicted octanol–water partition coefficient (Wildman–Crippen LogP) is 5.21. The van der Waals surface area contributed by atoms with Gasteiger partial charge < -0.3 is 29.7 Å². The summed E-state index contributed by atoms with van der Waals surface area (Å²) in [4.78, 5) is 29.1. The van der Waals surface area contributed by atoms with Gasteiger partial charge in [0.05, 0.1) is 18.6 Å². The van der Waals surface area contributed by atoms with Gasteiger partial charge in [-0.05, 0) is 62.9 Å². The number of nitrogens with zero attached hydrogens (tertiary/aromatic N) is 1. The van der Waals surface area contributed by atoms with Gasteiger partial charge in [0.2, 0.25) is 5.60 Å². The number of epoxide rings is 1. The molecule has 6 atom stereocenters. The van der Waals surface area contributed by atoms with Crippen LogP contribution in [0.3, 0.4) is 0 Å². The van der Waals surface area contributed by atoms with Gasteiger partial charge >= 0.3 is 5.97 Å². The van der Waals surface area contributed by atoms with Gasteiger partial charge in [0.1, 0.15) is 11.4 Å². The number of anilines is 1. The lowest BCUT2D eigenvalue weighted by atomic mass is 9.73. The molecule has 47 heavy (non-hydrogen) atoms. The molecule has 3 saturated heterocycles. The summed E-state index contributed by atoms with van der Waals surface area (Å²) in [6.07, 6.45) is -1.52. The molecule has 3 unspecified atom stereocenters. The molecule has 3 aliphatic rings. The van der Waals surface area contributed by atoms with E-state index in [-0.39, 0.29) is 19.4 Å². The van der Waals surface area contributed by atoms with E-state index in [0.717, 1.165) is 0 Å². The number of rotatable bonds is 9. The average Bonchev–Trinajstić information content (AvgIpc) is 3.71. The largest absolute Gasteiger partial charge is 0.460 e. The van der Waals surface area contributed by atoms with Crippen LogP contribution in [0.1, 0.15) is 65.0 Å². The van der Waals surface area contributed by atoms with Crippen molar-refractivity contribution >= 4 is 17.6 Å². The van der Waals surface area contributed by atoms with Crippen LogP contribution < -0.4 is 5.32 Å². The quantitative estimate of drug-likeness (QED) is 0.214. The molecule has 9 nitrogen and oxygen atoms in total. The molecule has 0 saturated carbocycles. The summed E-state index contributed by atoms with van der Waals surface area (Å²) in [7, 11) is 0. The first-order chi connectivity index (χ1) is 22.2. The summed E-state index contributed by atoms with van der Waals surface area (Å²) in [5.41, 5.74) is -6.15. The van der Waals surface area contributed by atoms with Crippen molar-refractivity contribution in [3.05, 3.63) is 102 Å². The van der Waals surface area contributed by atoms with E-state index in [9.17, 15) is 24.2 Å². The molecule has 3 aliphatic heterocycles. The molecule has 3 aromatic carbocycles. The molecule has 3 fully saturated rings. The van der Waals surface area contributed by atoms with Crippen molar-refractivity contribution in [2.45, 2.75) is 94.3 Å². The van der Waals surface area contributed by atoms with Crippen molar-refractivity contribution in [1.82, 2.24) is 4.90 Å². The van der Waals surface area contributed by atoms with Crippen molar-refractivity contribution in [1.29, 1.82) is 0 Å². The molecule has 0 radical (unpaired) electrons. The number of carbonyl (C=O) groups is 2. The Hall–Kier alpha value is -3.67. The highest BCUT2D eigenvalue weighted by atomic mass is 19.1. The topological polar surface area (TPSA) is 121 Å². The summed E-state index contributed by atoms with van der Waals surface area (Å²) < 4.78 is 33.8. The van der Waals surface area contributed by atoms with Crippen LogP contribution in [0.5, 0.6) is 0 Å². The summed E-state index contributed by atoms with van der Waals surface area (Å²) in [6.45, 7) is 9.18. The highest BCUT2D eigenvalue weighted by Gasteiger charge is 2.99. The van der Waals surface area contributed by atoms with Crippen LogP contribution in [0, 0.1) is 11.7 Å². The summed E-state index contributed by atoms with van der Waals surface area (Å²) >= 11 is 0. The van der Waals surface area contributed by atoms with Crippen molar-refractivity contribution in [3.63, 3.8) is 0 Å². The third-order valence-corrected chi connectivity index (χ3v) is 9.49. The first-order valence-corrected chi connectivity index (χ1v) is 16.2. The Morgan fingerprint density at radius 2 is 1.62 bits per heavy atom. The van der Waals surface area contributed by atoms with E-state index < -0.39 is 64.1 Å². The minimum absolute atomic E-state index is 0.0736. The number of fused-ring (bicyclic) bond motifs is 3. The van der Waals surface area contributed by atoms with E-state index >= 15 is 0 Å². The Balaban J connectivity index is 1.50. The molecule has 0 spiro atoms. The van der Waals surface area contributed by atoms with E-state index in [0.29, 0.717) is 23.2 Å². The average molecular weight is 647 g/mol. The number of amides is 1. The standard InChI is InChI=1S/C37H43FN2O7/c1-24(2)36(44)35(32(43)39-28-14-10-7-11-15-28)34(47-35,25-12-8-6-9-13-25)37(26-16-18-27(38)19-17-26)40(36)21-20-30(45-37)22-29(41)23-31(42)46-33(3,4)5/h6-19,24,29-30,41,44H,20-23H2,1-5H3,(H,39,43)/t29-,30+,34?,35?,36?,37+/m1/s1. The molecular formula is C37H43FN2O7. The van der Waals surface area contributed by atoms with Crippen LogP contribution in [0.15, 0.2) is 84.9 Å². The number of hydrogen-bond donors (Lipinski definition) is 3. The maximum absolute atomic E-state index is 14.7. The second-order valence-corrected chi connectivity index (χ2v) is 14.0. The number of halogens is 1. The molecular weight excluding hydrogens is 603 g/mol. The van der Waals surface area contributed by atoms with Crippen LogP contribution in [0.4, 0.5) is 10.1 Å². The van der Waals surface area contributed by atoms with Crippen LogP contribution in [-0.4, -0.2) is 62.7 Å². The van der Waals surface area contributed by atoms with Gasteiger partial charge in [-0.1, -0.05) is 74.5 Å². The molecule has 0 bridgehead atoms.